The summed E-state index contributed by atoms with van der Waals surface area (Å²) in [4.78, 5) is 3.95. The van der Waals surface area contributed by atoms with Gasteiger partial charge in [-0.05, 0) is 35.7 Å². The topological polar surface area (TPSA) is 62.4 Å². The van der Waals surface area contributed by atoms with Crippen LogP contribution in [0.5, 0.6) is 0 Å². The predicted molar refractivity (Wildman–Crippen MR) is 61.3 cm³/mol. The minimum absolute atomic E-state index is 0.319. The number of hydrogen-bond acceptors (Lipinski definition) is 3. The summed E-state index contributed by atoms with van der Waals surface area (Å²) in [5.41, 5.74) is 3.84. The lowest BCUT2D eigenvalue weighted by molar-refractivity contribution is 0.644. The molecule has 0 saturated carbocycles. The first kappa shape index (κ1) is 11.0. The van der Waals surface area contributed by atoms with Crippen molar-refractivity contribution in [2.75, 3.05) is 7.05 Å². The molecule has 0 saturated heterocycles. The van der Waals surface area contributed by atoms with E-state index in [0.29, 0.717) is 12.0 Å². The highest BCUT2D eigenvalue weighted by atomic mass is 32.1. The number of thiophene rings is 1. The summed E-state index contributed by atoms with van der Waals surface area (Å²) < 4.78 is 0. The van der Waals surface area contributed by atoms with Gasteiger partial charge >= 0.3 is 0 Å². The molecule has 0 aliphatic carbocycles. The summed E-state index contributed by atoms with van der Waals surface area (Å²) in [5.74, 6) is 5.88. The van der Waals surface area contributed by atoms with E-state index in [4.69, 9.17) is 5.84 Å². The van der Waals surface area contributed by atoms with Gasteiger partial charge in [-0.3, -0.25) is 10.4 Å². The van der Waals surface area contributed by atoms with E-state index in [0.717, 1.165) is 6.42 Å². The van der Waals surface area contributed by atoms with Crippen LogP contribution in [0.25, 0.3) is 0 Å². The van der Waals surface area contributed by atoms with E-state index in [1.807, 2.05) is 0 Å². The summed E-state index contributed by atoms with van der Waals surface area (Å²) in [7, 11) is 1.69. The Balaban J connectivity index is 2.39. The molecule has 78 valence electrons. The Morgan fingerprint density at radius 2 is 2.50 bits per heavy atom. The maximum Gasteiger partial charge on any atom is 0.205 e. The van der Waals surface area contributed by atoms with Crippen molar-refractivity contribution < 1.29 is 0 Å². The van der Waals surface area contributed by atoms with Crippen molar-refractivity contribution in [2.45, 2.75) is 19.4 Å². The fraction of sp³-hybridized carbons (Fsp3) is 0.444. The molecule has 1 unspecified atom stereocenters. The van der Waals surface area contributed by atoms with Crippen molar-refractivity contribution in [3.8, 4) is 0 Å². The molecule has 0 aromatic carbocycles. The van der Waals surface area contributed by atoms with Crippen LogP contribution in [0.4, 0.5) is 0 Å². The maximum absolute atomic E-state index is 5.26. The molecular weight excluding hydrogens is 196 g/mol. The molecule has 4 nitrogen and oxygen atoms in total. The molecule has 0 aliphatic heterocycles. The van der Waals surface area contributed by atoms with Gasteiger partial charge in [-0.25, -0.2) is 5.84 Å². The Labute approximate surface area is 88.2 Å². The molecule has 1 atom stereocenters. The van der Waals surface area contributed by atoms with Crippen molar-refractivity contribution in [2.24, 2.45) is 10.8 Å². The van der Waals surface area contributed by atoms with E-state index >= 15 is 0 Å². The third-order valence-electron chi connectivity index (χ3n) is 1.87. The van der Waals surface area contributed by atoms with Gasteiger partial charge in [0.1, 0.15) is 0 Å². The molecule has 1 rings (SSSR count). The molecule has 1 aromatic rings. The molecular formula is C9H16N4S. The average Bonchev–Trinajstić information content (AvgIpc) is 2.66. The van der Waals surface area contributed by atoms with Gasteiger partial charge in [-0.2, -0.15) is 11.3 Å². The first-order valence-corrected chi connectivity index (χ1v) is 5.41. The lowest BCUT2D eigenvalue weighted by atomic mass is 10.1. The number of nitrogens with zero attached hydrogens (tertiary/aromatic N) is 1. The molecule has 14 heavy (non-hydrogen) atoms. The van der Waals surface area contributed by atoms with E-state index in [1.54, 1.807) is 18.4 Å². The zero-order valence-corrected chi connectivity index (χ0v) is 9.27. The largest absolute Gasteiger partial charge is 0.353 e. The number of nitrogens with one attached hydrogen (secondary N) is 2. The van der Waals surface area contributed by atoms with Gasteiger partial charge in [0.2, 0.25) is 5.96 Å². The van der Waals surface area contributed by atoms with E-state index < -0.39 is 0 Å². The second-order valence-electron chi connectivity index (χ2n) is 3.10. The van der Waals surface area contributed by atoms with Gasteiger partial charge in [-0.15, -0.1) is 0 Å². The summed E-state index contributed by atoms with van der Waals surface area (Å²) in [6, 6.07) is 2.45. The van der Waals surface area contributed by atoms with Crippen molar-refractivity contribution in [1.29, 1.82) is 0 Å². The zero-order valence-electron chi connectivity index (χ0n) is 8.45. The van der Waals surface area contributed by atoms with Crippen LogP contribution < -0.4 is 16.6 Å². The predicted octanol–water partition coefficient (Wildman–Crippen LogP) is 0.718. The summed E-state index contributed by atoms with van der Waals surface area (Å²) in [5, 5.41) is 7.40. The smallest absolute Gasteiger partial charge is 0.205 e. The van der Waals surface area contributed by atoms with Crippen LogP contribution >= 0.6 is 11.3 Å². The third kappa shape index (κ3) is 3.35. The Morgan fingerprint density at radius 1 is 1.71 bits per heavy atom. The molecule has 0 radical (unpaired) electrons. The van der Waals surface area contributed by atoms with Gasteiger partial charge in [0.15, 0.2) is 0 Å². The number of rotatable bonds is 3. The molecule has 0 bridgehead atoms. The van der Waals surface area contributed by atoms with Crippen LogP contribution in [-0.4, -0.2) is 19.0 Å². The van der Waals surface area contributed by atoms with Gasteiger partial charge in [0.05, 0.1) is 0 Å². The van der Waals surface area contributed by atoms with Gasteiger partial charge in [0, 0.05) is 13.1 Å². The molecule has 0 fully saturated rings. The van der Waals surface area contributed by atoms with E-state index in [-0.39, 0.29) is 0 Å². The molecule has 0 spiro atoms. The Bertz CT molecular complexity index is 281. The number of hydrazine groups is 1. The number of nitrogens with two attached hydrogens (primary N) is 1. The average molecular weight is 212 g/mol. The van der Waals surface area contributed by atoms with Crippen molar-refractivity contribution in [3.05, 3.63) is 22.4 Å². The van der Waals surface area contributed by atoms with Crippen LogP contribution in [-0.2, 0) is 6.42 Å². The molecule has 5 heteroatoms. The van der Waals surface area contributed by atoms with Crippen LogP contribution in [0.3, 0.4) is 0 Å². The summed E-state index contributed by atoms with van der Waals surface area (Å²) in [6.07, 6.45) is 0.976. The highest BCUT2D eigenvalue weighted by Gasteiger charge is 2.04. The second-order valence-corrected chi connectivity index (χ2v) is 3.88. The van der Waals surface area contributed by atoms with Crippen molar-refractivity contribution in [3.63, 3.8) is 0 Å². The lowest BCUT2D eigenvalue weighted by Crippen LogP contribution is -2.45. The highest BCUT2D eigenvalue weighted by molar-refractivity contribution is 7.07. The van der Waals surface area contributed by atoms with E-state index in [1.165, 1.54) is 5.56 Å². The fourth-order valence-electron chi connectivity index (χ4n) is 1.22. The first-order valence-electron chi connectivity index (χ1n) is 4.47. The maximum atomic E-state index is 5.26. The Kier molecular flexibility index (Phi) is 4.42. The SMILES string of the molecule is CN=C(NN)NC(C)Cc1ccsc1. The quantitative estimate of drug-likeness (QED) is 0.299. The molecule has 1 heterocycles. The van der Waals surface area contributed by atoms with Crippen molar-refractivity contribution >= 4 is 17.3 Å². The normalized spacial score (nSPS) is 13.8. The second kappa shape index (κ2) is 5.62. The monoisotopic (exact) mass is 212 g/mol. The lowest BCUT2D eigenvalue weighted by Gasteiger charge is -2.15. The van der Waals surface area contributed by atoms with Crippen LogP contribution in [0.2, 0.25) is 0 Å². The minimum atomic E-state index is 0.319. The van der Waals surface area contributed by atoms with Crippen LogP contribution in [0.1, 0.15) is 12.5 Å². The molecule has 1 aromatic heterocycles. The van der Waals surface area contributed by atoms with Gasteiger partial charge < -0.3 is 5.32 Å². The molecule has 0 aliphatic rings. The van der Waals surface area contributed by atoms with Gasteiger partial charge in [-0.1, -0.05) is 0 Å². The fourth-order valence-corrected chi connectivity index (χ4v) is 1.90. The van der Waals surface area contributed by atoms with Crippen molar-refractivity contribution in [1.82, 2.24) is 10.7 Å². The number of hydrogen-bond donors (Lipinski definition) is 3. The Morgan fingerprint density at radius 3 is 3.00 bits per heavy atom. The first-order chi connectivity index (χ1) is 6.76. The molecule has 0 amide bonds. The third-order valence-corrected chi connectivity index (χ3v) is 2.60. The number of aliphatic imine (C=N–C) groups is 1. The summed E-state index contributed by atoms with van der Waals surface area (Å²) >= 11 is 1.71. The van der Waals surface area contributed by atoms with Crippen LogP contribution in [0.15, 0.2) is 21.8 Å². The Hall–Kier alpha value is -1.07. The minimum Gasteiger partial charge on any atom is -0.353 e. The van der Waals surface area contributed by atoms with Gasteiger partial charge in [0.25, 0.3) is 0 Å². The summed E-state index contributed by atoms with van der Waals surface area (Å²) in [6.45, 7) is 2.10. The van der Waals surface area contributed by atoms with E-state index in [9.17, 15) is 0 Å². The number of guanidine groups is 1. The molecule has 4 N–H and O–H groups in total. The van der Waals surface area contributed by atoms with Crippen LogP contribution in [0, 0.1) is 0 Å². The standard InChI is InChI=1S/C9H16N4S/c1-7(12-9(11-2)13-10)5-8-3-4-14-6-8/h3-4,6-7H,5,10H2,1-2H3,(H2,11,12,13). The van der Waals surface area contributed by atoms with E-state index in [2.05, 4.69) is 39.5 Å². The highest BCUT2D eigenvalue weighted by Crippen LogP contribution is 2.08. The zero-order chi connectivity index (χ0) is 10.4.